The van der Waals surface area contributed by atoms with Crippen molar-refractivity contribution in [1.29, 1.82) is 0 Å². The molecule has 136 valence electrons. The molecule has 0 aliphatic heterocycles. The highest BCUT2D eigenvalue weighted by Gasteiger charge is 2.28. The average Bonchev–Trinajstić information content (AvgIpc) is 2.57. The van der Waals surface area contributed by atoms with E-state index < -0.39 is 26.3 Å². The first-order chi connectivity index (χ1) is 11.6. The highest BCUT2D eigenvalue weighted by molar-refractivity contribution is 7.87. The second-order valence-electron chi connectivity index (χ2n) is 6.00. The van der Waals surface area contributed by atoms with Crippen LogP contribution in [0.25, 0.3) is 0 Å². The summed E-state index contributed by atoms with van der Waals surface area (Å²) < 4.78 is 32.7. The Labute approximate surface area is 146 Å². The summed E-state index contributed by atoms with van der Waals surface area (Å²) in [5.74, 6) is 0.280. The van der Waals surface area contributed by atoms with Crippen LogP contribution < -0.4 is 15.4 Å². The fourth-order valence-electron chi connectivity index (χ4n) is 2.55. The van der Waals surface area contributed by atoms with E-state index in [0.717, 1.165) is 21.1 Å². The second kappa shape index (κ2) is 6.87. The molecular formula is C17H22N2O5S. The van der Waals surface area contributed by atoms with Crippen LogP contribution in [0.3, 0.4) is 0 Å². The fraction of sp³-hybridized carbons (Fsp3) is 0.412. The van der Waals surface area contributed by atoms with Crippen LogP contribution in [0.4, 0.5) is 0 Å². The van der Waals surface area contributed by atoms with Crippen molar-refractivity contribution in [2.45, 2.75) is 38.0 Å². The van der Waals surface area contributed by atoms with Gasteiger partial charge in [0.2, 0.25) is 0 Å². The molecule has 7 nitrogen and oxygen atoms in total. The molecule has 0 amide bonds. The van der Waals surface area contributed by atoms with E-state index >= 15 is 0 Å². The summed E-state index contributed by atoms with van der Waals surface area (Å²) in [6.07, 6.45) is 0.807. The summed E-state index contributed by atoms with van der Waals surface area (Å²) in [7, 11) is -1.76. The van der Waals surface area contributed by atoms with Gasteiger partial charge in [-0.2, -0.15) is 8.42 Å². The summed E-state index contributed by atoms with van der Waals surface area (Å²) in [5, 5.41) is 0. The van der Waals surface area contributed by atoms with Crippen LogP contribution in [0, 0.1) is 6.92 Å². The van der Waals surface area contributed by atoms with E-state index in [4.69, 9.17) is 4.18 Å². The average molecular weight is 366 g/mol. The SMILES string of the molecule is CC[C@@H](C)c1ccccc1OS(=O)(=O)c1c(C)n(C)c(=O)n(C)c1=O. The highest BCUT2D eigenvalue weighted by atomic mass is 32.2. The molecule has 0 spiro atoms. The molecule has 8 heteroatoms. The number of hydrogen-bond acceptors (Lipinski definition) is 5. The van der Waals surface area contributed by atoms with Crippen LogP contribution in [0.5, 0.6) is 5.75 Å². The summed E-state index contributed by atoms with van der Waals surface area (Å²) >= 11 is 0. The number of aromatic nitrogens is 2. The van der Waals surface area contributed by atoms with Gasteiger partial charge in [0.15, 0.2) is 4.90 Å². The third kappa shape index (κ3) is 3.39. The van der Waals surface area contributed by atoms with Crippen LogP contribution >= 0.6 is 0 Å². The van der Waals surface area contributed by atoms with Crippen LogP contribution in [0.1, 0.15) is 37.4 Å². The molecule has 0 fully saturated rings. The number of benzene rings is 1. The van der Waals surface area contributed by atoms with Gasteiger partial charge in [-0.05, 0) is 30.9 Å². The third-order valence-electron chi connectivity index (χ3n) is 4.42. The van der Waals surface area contributed by atoms with Gasteiger partial charge in [-0.3, -0.25) is 13.9 Å². The summed E-state index contributed by atoms with van der Waals surface area (Å²) in [4.78, 5) is 23.8. The minimum Gasteiger partial charge on any atom is -0.378 e. The molecule has 0 N–H and O–H groups in total. The number of para-hydroxylation sites is 1. The van der Waals surface area contributed by atoms with Crippen molar-refractivity contribution >= 4 is 10.1 Å². The molecule has 0 bridgehead atoms. The molecule has 25 heavy (non-hydrogen) atoms. The van der Waals surface area contributed by atoms with Crippen molar-refractivity contribution in [2.75, 3.05) is 0 Å². The van der Waals surface area contributed by atoms with Gasteiger partial charge in [0.05, 0.1) is 0 Å². The van der Waals surface area contributed by atoms with Gasteiger partial charge < -0.3 is 4.18 Å². The van der Waals surface area contributed by atoms with Gasteiger partial charge in [-0.15, -0.1) is 0 Å². The Morgan fingerprint density at radius 2 is 1.72 bits per heavy atom. The molecule has 1 heterocycles. The third-order valence-corrected chi connectivity index (χ3v) is 5.79. The zero-order chi connectivity index (χ0) is 18.9. The van der Waals surface area contributed by atoms with E-state index in [9.17, 15) is 18.0 Å². The van der Waals surface area contributed by atoms with Crippen molar-refractivity contribution in [3.05, 3.63) is 56.4 Å². The first-order valence-electron chi connectivity index (χ1n) is 7.91. The van der Waals surface area contributed by atoms with E-state index in [1.165, 1.54) is 21.0 Å². The van der Waals surface area contributed by atoms with E-state index in [0.29, 0.717) is 0 Å². The zero-order valence-corrected chi connectivity index (χ0v) is 15.8. The maximum absolute atomic E-state index is 12.8. The minimum atomic E-state index is -4.39. The van der Waals surface area contributed by atoms with Gasteiger partial charge in [-0.1, -0.05) is 32.0 Å². The lowest BCUT2D eigenvalue weighted by Gasteiger charge is -2.17. The Morgan fingerprint density at radius 1 is 1.12 bits per heavy atom. The van der Waals surface area contributed by atoms with Gasteiger partial charge in [0.25, 0.3) is 5.56 Å². The maximum Gasteiger partial charge on any atom is 0.346 e. The van der Waals surface area contributed by atoms with E-state index in [2.05, 4.69) is 0 Å². The van der Waals surface area contributed by atoms with Crippen molar-refractivity contribution in [1.82, 2.24) is 9.13 Å². The van der Waals surface area contributed by atoms with Gasteiger partial charge >= 0.3 is 15.8 Å². The summed E-state index contributed by atoms with van der Waals surface area (Å²) in [6, 6.07) is 6.82. The lowest BCUT2D eigenvalue weighted by molar-refractivity contribution is 0.472. The van der Waals surface area contributed by atoms with Crippen LogP contribution in [-0.2, 0) is 24.2 Å². The normalized spacial score (nSPS) is 12.8. The van der Waals surface area contributed by atoms with Crippen molar-refractivity contribution < 1.29 is 12.6 Å². The first kappa shape index (κ1) is 19.0. The Bertz CT molecular complexity index is 1020. The number of hydrogen-bond donors (Lipinski definition) is 0. The molecule has 0 saturated carbocycles. The molecule has 0 aliphatic carbocycles. The van der Waals surface area contributed by atoms with Gasteiger partial charge in [-0.25, -0.2) is 4.79 Å². The van der Waals surface area contributed by atoms with Crippen molar-refractivity contribution in [3.63, 3.8) is 0 Å². The van der Waals surface area contributed by atoms with Crippen molar-refractivity contribution in [2.24, 2.45) is 14.1 Å². The van der Waals surface area contributed by atoms with E-state index in [1.807, 2.05) is 13.8 Å². The monoisotopic (exact) mass is 366 g/mol. The summed E-state index contributed by atoms with van der Waals surface area (Å²) in [6.45, 7) is 5.35. The molecule has 1 atom stereocenters. The molecule has 0 unspecified atom stereocenters. The number of rotatable bonds is 5. The fourth-order valence-corrected chi connectivity index (χ4v) is 3.87. The lowest BCUT2D eigenvalue weighted by atomic mass is 9.98. The molecule has 2 rings (SSSR count). The van der Waals surface area contributed by atoms with Gasteiger partial charge in [0, 0.05) is 19.8 Å². The molecule has 0 radical (unpaired) electrons. The van der Waals surface area contributed by atoms with Crippen molar-refractivity contribution in [3.8, 4) is 5.75 Å². The zero-order valence-electron chi connectivity index (χ0n) is 14.9. The molecular weight excluding hydrogens is 344 g/mol. The Kier molecular flexibility index (Phi) is 5.22. The van der Waals surface area contributed by atoms with Crippen LogP contribution in [-0.4, -0.2) is 17.6 Å². The largest absolute Gasteiger partial charge is 0.378 e. The second-order valence-corrected chi connectivity index (χ2v) is 7.49. The highest BCUT2D eigenvalue weighted by Crippen LogP contribution is 2.30. The number of nitrogens with zero attached hydrogens (tertiary/aromatic N) is 2. The summed E-state index contributed by atoms with van der Waals surface area (Å²) in [5.41, 5.74) is -0.718. The van der Waals surface area contributed by atoms with Crippen LogP contribution in [0.2, 0.25) is 0 Å². The minimum absolute atomic E-state index is 0.0362. The maximum atomic E-state index is 12.8. The quantitative estimate of drug-likeness (QED) is 0.751. The Hall–Kier alpha value is -2.35. The van der Waals surface area contributed by atoms with Crippen LogP contribution in [0.15, 0.2) is 38.8 Å². The lowest BCUT2D eigenvalue weighted by Crippen LogP contribution is -2.41. The predicted octanol–water partition coefficient (Wildman–Crippen LogP) is 1.67. The Balaban J connectivity index is 2.64. The molecule has 2 aromatic rings. The van der Waals surface area contributed by atoms with Gasteiger partial charge in [0.1, 0.15) is 5.75 Å². The predicted molar refractivity (Wildman–Crippen MR) is 94.6 cm³/mol. The molecule has 1 aromatic heterocycles. The van der Waals surface area contributed by atoms with E-state index in [-0.39, 0.29) is 17.4 Å². The standard InChI is InChI=1S/C17H22N2O5S/c1-6-11(2)13-9-7-8-10-14(13)24-25(22,23)15-12(3)18(4)17(21)19(5)16(15)20/h7-11H,6H2,1-5H3/t11-/m1/s1. The van der Waals surface area contributed by atoms with E-state index in [1.54, 1.807) is 24.3 Å². The topological polar surface area (TPSA) is 87.4 Å². The molecule has 0 saturated heterocycles. The molecule has 0 aliphatic rings. The Morgan fingerprint density at radius 3 is 2.32 bits per heavy atom. The smallest absolute Gasteiger partial charge is 0.346 e. The molecule has 1 aromatic carbocycles. The first-order valence-corrected chi connectivity index (χ1v) is 9.32.